The van der Waals surface area contributed by atoms with Crippen LogP contribution in [-0.4, -0.2) is 18.2 Å². The summed E-state index contributed by atoms with van der Waals surface area (Å²) in [5.41, 5.74) is 0.791. The molecule has 0 aromatic heterocycles. The van der Waals surface area contributed by atoms with Gasteiger partial charge in [-0.15, -0.1) is 0 Å². The minimum absolute atomic E-state index is 0.394. The second-order valence-corrected chi connectivity index (χ2v) is 3.42. The molecule has 0 saturated heterocycles. The van der Waals surface area contributed by atoms with Crippen molar-refractivity contribution in [3.63, 3.8) is 0 Å². The normalized spacial score (nSPS) is 9.47. The summed E-state index contributed by atoms with van der Waals surface area (Å²) in [4.78, 5) is 22.3. The third-order valence-corrected chi connectivity index (χ3v) is 2.30. The predicted molar refractivity (Wildman–Crippen MR) is 64.8 cm³/mol. The molecule has 0 amide bonds. The fraction of sp³-hybridized carbons (Fsp3) is 0.111. The summed E-state index contributed by atoms with van der Waals surface area (Å²) in [5.74, 6) is -0.878. The van der Waals surface area contributed by atoms with Gasteiger partial charge in [-0.2, -0.15) is 0 Å². The summed E-state index contributed by atoms with van der Waals surface area (Å²) in [6, 6.07) is 6.05. The Labute approximate surface area is 105 Å². The highest BCUT2D eigenvalue weighted by Crippen LogP contribution is 2.10. The van der Waals surface area contributed by atoms with Crippen LogP contribution in [0, 0.1) is 0 Å². The highest BCUT2D eigenvalue weighted by Gasteiger charge is 2.09. The molecule has 1 aromatic carbocycles. The quantitative estimate of drug-likeness (QED) is 0.626. The zero-order chi connectivity index (χ0) is 11.3. The molecule has 6 heteroatoms. The molecule has 0 unspecified atom stereocenters. The van der Waals surface area contributed by atoms with Gasteiger partial charge in [0.25, 0.3) is 0 Å². The summed E-state index contributed by atoms with van der Waals surface area (Å²) in [7, 11) is 0. The van der Waals surface area contributed by atoms with Crippen LogP contribution < -0.4 is 0 Å². The van der Waals surface area contributed by atoms with E-state index < -0.39 is 11.9 Å². The Hall–Kier alpha value is -0.760. The van der Waals surface area contributed by atoms with Crippen molar-refractivity contribution in [3.8, 4) is 0 Å². The first-order valence-corrected chi connectivity index (χ1v) is 5.90. The molecule has 0 aliphatic rings. The number of hydrogen-bond donors (Lipinski definition) is 0. The van der Waals surface area contributed by atoms with Crippen molar-refractivity contribution in [2.45, 2.75) is 0 Å². The molecule has 0 atom stereocenters. The van der Waals surface area contributed by atoms with E-state index in [2.05, 4.69) is 3.07 Å². The van der Waals surface area contributed by atoms with Crippen molar-refractivity contribution >= 4 is 47.0 Å². The molecule has 15 heavy (non-hydrogen) atoms. The monoisotopic (exact) mass is 338 g/mol. The van der Waals surface area contributed by atoms with E-state index in [1.54, 1.807) is 6.26 Å². The van der Waals surface area contributed by atoms with Gasteiger partial charge in [0.05, 0.1) is 23.2 Å². The zero-order valence-corrected chi connectivity index (χ0v) is 10.7. The average Bonchev–Trinajstić information content (AvgIpc) is 2.28. The largest absolute Gasteiger partial charge is 0.391 e. The van der Waals surface area contributed by atoms with Gasteiger partial charge in [-0.1, -0.05) is 0 Å². The first kappa shape index (κ1) is 12.3. The SMILES string of the molecule is CSOC(=O)c1ccc(C(=O)OI)cc1. The van der Waals surface area contributed by atoms with Crippen LogP contribution >= 0.6 is 35.0 Å². The molecule has 0 spiro atoms. The maximum Gasteiger partial charge on any atom is 0.350 e. The highest BCUT2D eigenvalue weighted by atomic mass is 127. The van der Waals surface area contributed by atoms with Crippen molar-refractivity contribution in [1.29, 1.82) is 0 Å². The Kier molecular flexibility index (Phi) is 4.89. The standard InChI is InChI=1S/C9H7IO4S/c1-15-14-9(12)7-4-2-6(3-5-7)8(11)13-10/h2-5H,1H3. The zero-order valence-electron chi connectivity index (χ0n) is 7.73. The number of carbonyl (C=O) groups is 2. The molecule has 0 fully saturated rings. The van der Waals surface area contributed by atoms with Gasteiger partial charge < -0.3 is 7.25 Å². The maximum absolute atomic E-state index is 11.2. The molecule has 0 N–H and O–H groups in total. The Morgan fingerprint density at radius 1 is 1.13 bits per heavy atom. The maximum atomic E-state index is 11.2. The molecule has 0 heterocycles. The van der Waals surface area contributed by atoms with Gasteiger partial charge in [0.1, 0.15) is 0 Å². The van der Waals surface area contributed by atoms with Crippen molar-refractivity contribution in [2.24, 2.45) is 0 Å². The van der Waals surface area contributed by atoms with E-state index in [0.29, 0.717) is 11.1 Å². The Morgan fingerprint density at radius 3 is 2.00 bits per heavy atom. The minimum Gasteiger partial charge on any atom is -0.391 e. The van der Waals surface area contributed by atoms with E-state index in [4.69, 9.17) is 4.18 Å². The van der Waals surface area contributed by atoms with Crippen molar-refractivity contribution < 1.29 is 16.8 Å². The molecule has 1 rings (SSSR count). The average molecular weight is 338 g/mol. The molecule has 0 bridgehead atoms. The predicted octanol–water partition coefficient (Wildman–Crippen LogP) is 2.63. The Balaban J connectivity index is 2.80. The first-order chi connectivity index (χ1) is 7.19. The van der Waals surface area contributed by atoms with Crippen LogP contribution in [0.2, 0.25) is 0 Å². The fourth-order valence-corrected chi connectivity index (χ4v) is 1.41. The van der Waals surface area contributed by atoms with Crippen LogP contribution in [-0.2, 0) is 7.25 Å². The van der Waals surface area contributed by atoms with Crippen LogP contribution in [0.5, 0.6) is 0 Å². The molecule has 0 aliphatic heterocycles. The lowest BCUT2D eigenvalue weighted by molar-refractivity contribution is 0.0763. The van der Waals surface area contributed by atoms with Crippen molar-refractivity contribution in [1.82, 2.24) is 0 Å². The molecular weight excluding hydrogens is 331 g/mol. The van der Waals surface area contributed by atoms with Crippen molar-refractivity contribution in [2.75, 3.05) is 6.26 Å². The number of halogens is 1. The number of rotatable bonds is 3. The molecule has 0 radical (unpaired) electrons. The van der Waals surface area contributed by atoms with Gasteiger partial charge in [-0.25, -0.2) is 9.59 Å². The highest BCUT2D eigenvalue weighted by molar-refractivity contribution is 14.1. The van der Waals surface area contributed by atoms with Crippen LogP contribution in [0.3, 0.4) is 0 Å². The Bertz CT molecular complexity index is 363. The number of carbonyl (C=O) groups excluding carboxylic acids is 2. The van der Waals surface area contributed by atoms with Gasteiger partial charge >= 0.3 is 11.9 Å². The third-order valence-electron chi connectivity index (χ3n) is 1.59. The second-order valence-electron chi connectivity index (χ2n) is 2.48. The van der Waals surface area contributed by atoms with Gasteiger partial charge in [0.2, 0.25) is 0 Å². The smallest absolute Gasteiger partial charge is 0.350 e. The van der Waals surface area contributed by atoms with E-state index in [9.17, 15) is 9.59 Å². The van der Waals surface area contributed by atoms with E-state index >= 15 is 0 Å². The fourth-order valence-electron chi connectivity index (χ4n) is 0.911. The molecule has 0 aliphatic carbocycles. The number of hydrogen-bond acceptors (Lipinski definition) is 5. The van der Waals surface area contributed by atoms with Gasteiger partial charge in [-0.05, 0) is 24.3 Å². The lowest BCUT2D eigenvalue weighted by Crippen LogP contribution is -2.02. The topological polar surface area (TPSA) is 52.6 Å². The van der Waals surface area contributed by atoms with Gasteiger partial charge in [0, 0.05) is 6.26 Å². The summed E-state index contributed by atoms with van der Waals surface area (Å²) < 4.78 is 9.21. The molecule has 80 valence electrons. The van der Waals surface area contributed by atoms with Crippen LogP contribution in [0.15, 0.2) is 24.3 Å². The molecular formula is C9H7IO4S. The summed E-state index contributed by atoms with van der Waals surface area (Å²) in [6.45, 7) is 0. The van der Waals surface area contributed by atoms with Crippen LogP contribution in [0.25, 0.3) is 0 Å². The van der Waals surface area contributed by atoms with E-state index in [1.807, 2.05) is 0 Å². The third kappa shape index (κ3) is 3.38. The number of benzene rings is 1. The minimum atomic E-state index is -0.444. The summed E-state index contributed by atoms with van der Waals surface area (Å²) in [6.07, 6.45) is 1.65. The van der Waals surface area contributed by atoms with Crippen molar-refractivity contribution in [3.05, 3.63) is 35.4 Å². The van der Waals surface area contributed by atoms with Crippen LogP contribution in [0.1, 0.15) is 20.7 Å². The lowest BCUT2D eigenvalue weighted by atomic mass is 10.1. The molecule has 0 saturated carbocycles. The molecule has 1 aromatic rings. The molecule has 4 nitrogen and oxygen atoms in total. The second kappa shape index (κ2) is 5.96. The van der Waals surface area contributed by atoms with E-state index in [0.717, 1.165) is 12.0 Å². The lowest BCUT2D eigenvalue weighted by Gasteiger charge is -2.00. The van der Waals surface area contributed by atoms with Gasteiger partial charge in [-0.3, -0.25) is 0 Å². The van der Waals surface area contributed by atoms with Crippen LogP contribution in [0.4, 0.5) is 0 Å². The summed E-state index contributed by atoms with van der Waals surface area (Å²) in [5, 5.41) is 0. The Morgan fingerprint density at radius 2 is 1.60 bits per heavy atom. The van der Waals surface area contributed by atoms with E-state index in [1.165, 1.54) is 47.3 Å². The first-order valence-electron chi connectivity index (χ1n) is 3.87. The van der Waals surface area contributed by atoms with Gasteiger partial charge in [0.15, 0.2) is 23.0 Å². The summed E-state index contributed by atoms with van der Waals surface area (Å²) >= 11 is 2.49. The van der Waals surface area contributed by atoms with E-state index in [-0.39, 0.29) is 0 Å².